The van der Waals surface area contributed by atoms with E-state index >= 15 is 0 Å². The van der Waals surface area contributed by atoms with Crippen molar-refractivity contribution in [3.8, 4) is 5.75 Å². The average molecular weight is 509 g/mol. The summed E-state index contributed by atoms with van der Waals surface area (Å²) in [5, 5.41) is 2.29. The highest BCUT2D eigenvalue weighted by atomic mass is 19.1. The van der Waals surface area contributed by atoms with Crippen LogP contribution in [0.1, 0.15) is 45.9 Å². The summed E-state index contributed by atoms with van der Waals surface area (Å²) in [5.74, 6) is -3.43. The largest absolute Gasteiger partial charge is 0.494 e. The minimum Gasteiger partial charge on any atom is -0.494 e. The van der Waals surface area contributed by atoms with Crippen molar-refractivity contribution < 1.29 is 37.5 Å². The summed E-state index contributed by atoms with van der Waals surface area (Å²) in [4.78, 5) is 56.2. The predicted molar refractivity (Wildman–Crippen MR) is 128 cm³/mol. The van der Waals surface area contributed by atoms with Gasteiger partial charge in [0, 0.05) is 25.4 Å². The van der Waals surface area contributed by atoms with Gasteiger partial charge in [-0.3, -0.25) is 24.7 Å². The molecule has 1 aromatic carbocycles. The van der Waals surface area contributed by atoms with Gasteiger partial charge in [0.2, 0.25) is 11.8 Å². The minimum absolute atomic E-state index is 0.0335. The van der Waals surface area contributed by atoms with Crippen LogP contribution in [0.25, 0.3) is 11.1 Å². The predicted octanol–water partition coefficient (Wildman–Crippen LogP) is 2.89. The first-order chi connectivity index (χ1) is 17.6. The van der Waals surface area contributed by atoms with Gasteiger partial charge >= 0.3 is 5.97 Å². The second-order valence-electron chi connectivity index (χ2n) is 8.64. The van der Waals surface area contributed by atoms with Gasteiger partial charge in [0.15, 0.2) is 17.1 Å². The summed E-state index contributed by atoms with van der Waals surface area (Å²) in [7, 11) is 2.53. The molecule has 37 heavy (non-hydrogen) atoms. The highest BCUT2D eigenvalue weighted by Gasteiger charge is 2.44. The van der Waals surface area contributed by atoms with Crippen molar-refractivity contribution in [1.82, 2.24) is 15.2 Å². The lowest BCUT2D eigenvalue weighted by Gasteiger charge is -2.30. The number of nitrogens with zero attached hydrogens (tertiary/aromatic N) is 2. The number of pyridine rings is 1. The zero-order chi connectivity index (χ0) is 26.9. The second kappa shape index (κ2) is 9.84. The maximum absolute atomic E-state index is 14.9. The number of hydrogen-bond donors (Lipinski definition) is 1. The van der Waals surface area contributed by atoms with Gasteiger partial charge in [-0.2, -0.15) is 0 Å². The number of fused-ring (bicyclic) bond motifs is 2. The third-order valence-electron chi connectivity index (χ3n) is 6.17. The van der Waals surface area contributed by atoms with Crippen LogP contribution in [-0.4, -0.2) is 54.3 Å². The number of benzene rings is 1. The maximum Gasteiger partial charge on any atom is 0.339 e. The molecule has 0 radical (unpaired) electrons. The Labute approximate surface area is 211 Å². The summed E-state index contributed by atoms with van der Waals surface area (Å²) in [5.41, 5.74) is -0.621. The van der Waals surface area contributed by atoms with Gasteiger partial charge in [-0.25, -0.2) is 9.18 Å². The molecule has 2 aromatic heterocycles. The number of nitrogens with one attached hydrogen (secondary N) is 1. The van der Waals surface area contributed by atoms with Crippen LogP contribution in [0, 0.1) is 5.82 Å². The van der Waals surface area contributed by atoms with Crippen LogP contribution in [0.4, 0.5) is 4.39 Å². The summed E-state index contributed by atoms with van der Waals surface area (Å²) in [6.07, 6.45) is 3.95. The monoisotopic (exact) mass is 509 g/mol. The third kappa shape index (κ3) is 4.55. The minimum atomic E-state index is -1.60. The molecule has 192 valence electrons. The number of allylic oxidation sites excluding steroid dienone is 1. The van der Waals surface area contributed by atoms with Gasteiger partial charge in [-0.15, -0.1) is 0 Å². The van der Waals surface area contributed by atoms with Crippen LogP contribution in [0.5, 0.6) is 5.75 Å². The summed E-state index contributed by atoms with van der Waals surface area (Å²) >= 11 is 0. The quantitative estimate of drug-likeness (QED) is 0.380. The number of esters is 1. The topological polar surface area (TPSA) is 128 Å². The smallest absolute Gasteiger partial charge is 0.339 e. The highest BCUT2D eigenvalue weighted by Crippen LogP contribution is 2.36. The highest BCUT2D eigenvalue weighted by molar-refractivity contribution is 6.05. The van der Waals surface area contributed by atoms with Crippen molar-refractivity contribution in [2.24, 2.45) is 0 Å². The fraction of sp³-hybridized carbons (Fsp3) is 0.269. The number of hydrogen-bond acceptors (Lipinski definition) is 8. The molecule has 4 rings (SSSR count). The van der Waals surface area contributed by atoms with Gasteiger partial charge in [0.1, 0.15) is 16.7 Å². The van der Waals surface area contributed by atoms with E-state index in [9.17, 15) is 23.6 Å². The van der Waals surface area contributed by atoms with Crippen molar-refractivity contribution in [2.45, 2.75) is 25.8 Å². The summed E-state index contributed by atoms with van der Waals surface area (Å²) < 4.78 is 30.5. The van der Waals surface area contributed by atoms with E-state index in [2.05, 4.69) is 10.3 Å². The number of furan rings is 1. The lowest BCUT2D eigenvalue weighted by atomic mass is 9.85. The van der Waals surface area contributed by atoms with Crippen molar-refractivity contribution in [3.63, 3.8) is 0 Å². The molecule has 0 saturated carbocycles. The molecule has 1 unspecified atom stereocenters. The van der Waals surface area contributed by atoms with Crippen LogP contribution < -0.4 is 10.1 Å². The number of aromatic nitrogens is 1. The molecule has 1 aliphatic rings. The molecule has 0 saturated heterocycles. The number of halogens is 1. The SMILES string of the molecule is CC=CC(=O)NC(=O)C(C)(CN1Cc2ccc(OC)c(F)c2C1=O)c1cc2ncc(C(=O)OC)cc2o1. The molecular weight excluding hydrogens is 485 g/mol. The molecule has 1 aliphatic heterocycles. The number of amides is 3. The molecule has 3 heterocycles. The normalized spacial score (nSPS) is 14.5. The average Bonchev–Trinajstić information content (AvgIpc) is 3.45. The number of carbonyl (C=O) groups excluding carboxylic acids is 4. The lowest BCUT2D eigenvalue weighted by Crippen LogP contribution is -2.51. The Morgan fingerprint density at radius 2 is 2.03 bits per heavy atom. The summed E-state index contributed by atoms with van der Waals surface area (Å²) in [6.45, 7) is 2.90. The Hall–Kier alpha value is -4.54. The van der Waals surface area contributed by atoms with E-state index in [1.54, 1.807) is 13.0 Å². The Morgan fingerprint density at radius 1 is 1.27 bits per heavy atom. The molecule has 1 atom stereocenters. The van der Waals surface area contributed by atoms with E-state index in [1.807, 2.05) is 0 Å². The number of ether oxygens (including phenoxy) is 2. The molecule has 0 aliphatic carbocycles. The van der Waals surface area contributed by atoms with E-state index < -0.39 is 34.9 Å². The Balaban J connectivity index is 1.75. The second-order valence-corrected chi connectivity index (χ2v) is 8.64. The van der Waals surface area contributed by atoms with Crippen LogP contribution in [0.3, 0.4) is 0 Å². The van der Waals surface area contributed by atoms with Crippen molar-refractivity contribution in [3.05, 3.63) is 70.9 Å². The van der Waals surface area contributed by atoms with Crippen molar-refractivity contribution in [1.29, 1.82) is 0 Å². The third-order valence-corrected chi connectivity index (χ3v) is 6.17. The Morgan fingerprint density at radius 3 is 2.70 bits per heavy atom. The van der Waals surface area contributed by atoms with E-state index in [-0.39, 0.29) is 41.3 Å². The summed E-state index contributed by atoms with van der Waals surface area (Å²) in [6, 6.07) is 5.92. The maximum atomic E-state index is 14.9. The fourth-order valence-electron chi connectivity index (χ4n) is 4.19. The van der Waals surface area contributed by atoms with Crippen LogP contribution in [-0.2, 0) is 26.3 Å². The Kier molecular flexibility index (Phi) is 6.80. The van der Waals surface area contributed by atoms with Gasteiger partial charge < -0.3 is 18.8 Å². The van der Waals surface area contributed by atoms with Gasteiger partial charge in [-0.1, -0.05) is 12.1 Å². The van der Waals surface area contributed by atoms with Crippen molar-refractivity contribution >= 4 is 34.8 Å². The first kappa shape index (κ1) is 25.5. The number of rotatable bonds is 7. The fourth-order valence-corrected chi connectivity index (χ4v) is 4.19. The number of methoxy groups -OCH3 is 2. The molecule has 10 nitrogen and oxygen atoms in total. The molecule has 0 bridgehead atoms. The molecule has 11 heteroatoms. The molecule has 3 amide bonds. The van der Waals surface area contributed by atoms with Gasteiger partial charge in [0.05, 0.1) is 25.3 Å². The zero-order valence-corrected chi connectivity index (χ0v) is 20.6. The zero-order valence-electron chi connectivity index (χ0n) is 20.6. The van der Waals surface area contributed by atoms with Gasteiger partial charge in [0.25, 0.3) is 5.91 Å². The molecule has 0 spiro atoms. The van der Waals surface area contributed by atoms with E-state index in [4.69, 9.17) is 13.9 Å². The van der Waals surface area contributed by atoms with Crippen LogP contribution >= 0.6 is 0 Å². The van der Waals surface area contributed by atoms with E-state index in [0.29, 0.717) is 11.1 Å². The van der Waals surface area contributed by atoms with Crippen molar-refractivity contribution in [2.75, 3.05) is 20.8 Å². The molecule has 3 aromatic rings. The molecule has 1 N–H and O–H groups in total. The first-order valence-electron chi connectivity index (χ1n) is 11.2. The Bertz CT molecular complexity index is 1460. The lowest BCUT2D eigenvalue weighted by molar-refractivity contribution is -0.132. The standard InChI is InChI=1S/C26H24FN3O7/c1-5-6-20(31)29-25(34)26(2,19-10-16-18(37-19)9-15(11-28-16)24(33)36-4)13-30-12-14-7-8-17(35-3)22(27)21(14)23(30)32/h5-11H,12-13H2,1-4H3,(H,29,31,34). The van der Waals surface area contributed by atoms with Gasteiger partial charge in [-0.05, 0) is 37.6 Å². The van der Waals surface area contributed by atoms with E-state index in [0.717, 1.165) is 0 Å². The number of carbonyl (C=O) groups is 4. The molecule has 0 fully saturated rings. The molecular formula is C26H24FN3O7. The van der Waals surface area contributed by atoms with E-state index in [1.165, 1.54) is 62.6 Å². The first-order valence-corrected chi connectivity index (χ1v) is 11.2. The number of imide groups is 1. The van der Waals surface area contributed by atoms with Crippen LogP contribution in [0.2, 0.25) is 0 Å². The van der Waals surface area contributed by atoms with Crippen LogP contribution in [0.15, 0.2) is 47.0 Å².